The first-order valence-corrected chi connectivity index (χ1v) is 8.35. The topological polar surface area (TPSA) is 162 Å². The van der Waals surface area contributed by atoms with E-state index in [1.54, 1.807) is 18.2 Å². The van der Waals surface area contributed by atoms with Gasteiger partial charge in [-0.3, -0.25) is 14.9 Å². The van der Waals surface area contributed by atoms with Crippen LogP contribution < -0.4 is 22.5 Å². The van der Waals surface area contributed by atoms with Crippen molar-refractivity contribution in [2.24, 2.45) is 17.2 Å². The number of primary amides is 2. The van der Waals surface area contributed by atoms with Crippen LogP contribution in [0.2, 0.25) is 0 Å². The van der Waals surface area contributed by atoms with Crippen LogP contribution in [0, 0.1) is 0 Å². The Morgan fingerprint density at radius 1 is 1.23 bits per heavy atom. The van der Waals surface area contributed by atoms with E-state index in [1.165, 1.54) is 11.3 Å². The van der Waals surface area contributed by atoms with Gasteiger partial charge in [0, 0.05) is 4.88 Å². The lowest BCUT2D eigenvalue weighted by Crippen LogP contribution is -2.29. The summed E-state index contributed by atoms with van der Waals surface area (Å²) in [6.07, 6.45) is 3.65. The minimum Gasteiger partial charge on any atom is -0.480 e. The van der Waals surface area contributed by atoms with E-state index in [2.05, 4.69) is 5.32 Å². The summed E-state index contributed by atoms with van der Waals surface area (Å²) >= 11 is 1.18. The summed E-state index contributed by atoms with van der Waals surface area (Å²) in [7, 11) is 0. The number of carbonyl (C=O) groups excluding carboxylic acids is 2. The maximum absolute atomic E-state index is 11.5. The molecule has 136 valence electrons. The molecule has 2 rings (SSSR count). The van der Waals surface area contributed by atoms with Crippen molar-refractivity contribution in [3.8, 4) is 10.4 Å². The fraction of sp³-hybridized carbons (Fsp3) is 0.118. The molecule has 0 aliphatic heterocycles. The summed E-state index contributed by atoms with van der Waals surface area (Å²) in [5.41, 5.74) is 17.7. The van der Waals surface area contributed by atoms with E-state index in [0.29, 0.717) is 0 Å². The number of hydrogen-bond donors (Lipinski definition) is 5. The Bertz CT molecular complexity index is 875. The number of hydrogen-bond acceptors (Lipinski definition) is 5. The second kappa shape index (κ2) is 8.28. The Morgan fingerprint density at radius 3 is 2.58 bits per heavy atom. The van der Waals surface area contributed by atoms with Crippen molar-refractivity contribution in [1.29, 1.82) is 0 Å². The fourth-order valence-corrected chi connectivity index (χ4v) is 3.23. The van der Waals surface area contributed by atoms with Gasteiger partial charge in [0.25, 0.3) is 5.91 Å². The standard InChI is InChI=1S/C17H18N4O4S/c18-12(16(23)24)6-2-4-9-3-1-5-10(7-9)13-8-11(14(19)22)15(26-13)21-17(20)25/h1-5,7-8,12H,6,18H2,(H2,19,22)(H,23,24)(H3,20,21,25)/t12-/m0/s1. The van der Waals surface area contributed by atoms with Gasteiger partial charge < -0.3 is 22.3 Å². The van der Waals surface area contributed by atoms with Crippen molar-refractivity contribution in [3.63, 3.8) is 0 Å². The molecule has 0 bridgehead atoms. The van der Waals surface area contributed by atoms with Crippen LogP contribution in [0.4, 0.5) is 9.80 Å². The molecular weight excluding hydrogens is 356 g/mol. The van der Waals surface area contributed by atoms with Gasteiger partial charge in [0.2, 0.25) is 0 Å². The molecule has 3 amide bonds. The minimum atomic E-state index is -1.06. The molecular formula is C17H18N4O4S. The maximum atomic E-state index is 11.5. The zero-order chi connectivity index (χ0) is 19.3. The zero-order valence-corrected chi connectivity index (χ0v) is 14.5. The van der Waals surface area contributed by atoms with Gasteiger partial charge in [-0.2, -0.15) is 0 Å². The van der Waals surface area contributed by atoms with E-state index in [4.69, 9.17) is 22.3 Å². The number of anilines is 1. The summed E-state index contributed by atoms with van der Waals surface area (Å²) < 4.78 is 0. The van der Waals surface area contributed by atoms with Crippen molar-refractivity contribution in [1.82, 2.24) is 0 Å². The lowest BCUT2D eigenvalue weighted by Gasteiger charge is -2.02. The lowest BCUT2D eigenvalue weighted by molar-refractivity contribution is -0.138. The number of nitrogens with two attached hydrogens (primary N) is 3. The van der Waals surface area contributed by atoms with Crippen LogP contribution >= 0.6 is 11.3 Å². The van der Waals surface area contributed by atoms with Crippen molar-refractivity contribution < 1.29 is 19.5 Å². The molecule has 1 atom stereocenters. The molecule has 1 aromatic carbocycles. The molecule has 9 heteroatoms. The zero-order valence-electron chi connectivity index (χ0n) is 13.6. The molecule has 8 nitrogen and oxygen atoms in total. The Labute approximate surface area is 153 Å². The average molecular weight is 374 g/mol. The van der Waals surface area contributed by atoms with Crippen LogP contribution in [-0.4, -0.2) is 29.1 Å². The molecule has 8 N–H and O–H groups in total. The molecule has 26 heavy (non-hydrogen) atoms. The van der Waals surface area contributed by atoms with Gasteiger partial charge in [0.15, 0.2) is 0 Å². The molecule has 0 aliphatic rings. The number of carboxylic acids is 1. The summed E-state index contributed by atoms with van der Waals surface area (Å²) in [5.74, 6) is -1.73. The summed E-state index contributed by atoms with van der Waals surface area (Å²) in [5, 5.41) is 11.4. The molecule has 0 radical (unpaired) electrons. The SMILES string of the molecule is NC(=O)Nc1sc(-c2cccc(C=CC[C@H](N)C(=O)O)c2)cc1C(N)=O. The number of amides is 3. The normalized spacial score (nSPS) is 12.0. The summed E-state index contributed by atoms with van der Waals surface area (Å²) in [6.45, 7) is 0. The third-order valence-corrected chi connectivity index (χ3v) is 4.52. The minimum absolute atomic E-state index is 0.178. The Hall–Kier alpha value is -3.17. The Balaban J connectivity index is 2.27. The number of aliphatic carboxylic acids is 1. The van der Waals surface area contributed by atoms with Crippen molar-refractivity contribution in [2.75, 3.05) is 5.32 Å². The van der Waals surface area contributed by atoms with E-state index >= 15 is 0 Å². The van der Waals surface area contributed by atoms with Gasteiger partial charge in [-0.1, -0.05) is 30.4 Å². The third-order valence-electron chi connectivity index (χ3n) is 3.42. The quantitative estimate of drug-likeness (QED) is 0.498. The van der Waals surface area contributed by atoms with Crippen LogP contribution in [0.3, 0.4) is 0 Å². The number of thiophene rings is 1. The number of benzene rings is 1. The first-order chi connectivity index (χ1) is 12.3. The van der Waals surface area contributed by atoms with Gasteiger partial charge in [0.05, 0.1) is 5.56 Å². The molecule has 1 heterocycles. The summed E-state index contributed by atoms with van der Waals surface area (Å²) in [6, 6.07) is 7.20. The molecule has 1 aromatic heterocycles. The molecule has 2 aromatic rings. The summed E-state index contributed by atoms with van der Waals surface area (Å²) in [4.78, 5) is 34.0. The molecule has 0 saturated carbocycles. The highest BCUT2D eigenvalue weighted by Gasteiger charge is 2.16. The highest BCUT2D eigenvalue weighted by Crippen LogP contribution is 2.35. The largest absolute Gasteiger partial charge is 0.480 e. The number of nitrogens with one attached hydrogen (secondary N) is 1. The smallest absolute Gasteiger partial charge is 0.320 e. The van der Waals surface area contributed by atoms with Crippen LogP contribution in [0.15, 0.2) is 36.4 Å². The van der Waals surface area contributed by atoms with Gasteiger partial charge in [-0.05, 0) is 29.7 Å². The predicted molar refractivity (Wildman–Crippen MR) is 101 cm³/mol. The first-order valence-electron chi connectivity index (χ1n) is 7.53. The number of carboxylic acid groups (broad SMARTS) is 1. The highest BCUT2D eigenvalue weighted by atomic mass is 32.1. The van der Waals surface area contributed by atoms with Crippen molar-refractivity contribution in [3.05, 3.63) is 47.5 Å². The van der Waals surface area contributed by atoms with E-state index in [9.17, 15) is 14.4 Å². The third kappa shape index (κ3) is 4.91. The second-order valence-electron chi connectivity index (χ2n) is 5.42. The van der Waals surface area contributed by atoms with Gasteiger partial charge >= 0.3 is 12.0 Å². The van der Waals surface area contributed by atoms with E-state index in [-0.39, 0.29) is 17.0 Å². The van der Waals surface area contributed by atoms with Crippen LogP contribution in [0.25, 0.3) is 16.5 Å². The van der Waals surface area contributed by atoms with Crippen LogP contribution in [0.1, 0.15) is 22.3 Å². The van der Waals surface area contributed by atoms with Crippen LogP contribution in [-0.2, 0) is 4.79 Å². The Morgan fingerprint density at radius 2 is 1.96 bits per heavy atom. The Kier molecular flexibility index (Phi) is 6.10. The van der Waals surface area contributed by atoms with Crippen molar-refractivity contribution >= 4 is 40.3 Å². The molecule has 0 aliphatic carbocycles. The monoisotopic (exact) mass is 374 g/mol. The lowest BCUT2D eigenvalue weighted by atomic mass is 10.1. The fourth-order valence-electron chi connectivity index (χ4n) is 2.17. The van der Waals surface area contributed by atoms with E-state index in [0.717, 1.165) is 16.0 Å². The van der Waals surface area contributed by atoms with Gasteiger partial charge in [-0.25, -0.2) is 4.79 Å². The van der Waals surface area contributed by atoms with Gasteiger partial charge in [0.1, 0.15) is 11.0 Å². The molecule has 0 saturated heterocycles. The van der Waals surface area contributed by atoms with Gasteiger partial charge in [-0.15, -0.1) is 11.3 Å². The van der Waals surface area contributed by atoms with E-state index in [1.807, 2.05) is 24.3 Å². The number of rotatable bonds is 7. The number of urea groups is 1. The molecule has 0 spiro atoms. The van der Waals surface area contributed by atoms with E-state index < -0.39 is 23.9 Å². The average Bonchev–Trinajstić information content (AvgIpc) is 2.98. The van der Waals surface area contributed by atoms with Crippen molar-refractivity contribution in [2.45, 2.75) is 12.5 Å². The maximum Gasteiger partial charge on any atom is 0.320 e. The first kappa shape index (κ1) is 19.2. The molecule has 0 fully saturated rings. The second-order valence-corrected chi connectivity index (χ2v) is 6.47. The highest BCUT2D eigenvalue weighted by molar-refractivity contribution is 7.20. The molecule has 0 unspecified atom stereocenters. The number of carbonyl (C=O) groups is 3. The van der Waals surface area contributed by atoms with Crippen LogP contribution in [0.5, 0.6) is 0 Å². The predicted octanol–water partition coefficient (Wildman–Crippen LogP) is 1.82.